The Morgan fingerprint density at radius 3 is 1.34 bits per heavy atom. The molecule has 0 saturated heterocycles. The predicted octanol–water partition coefficient (Wildman–Crippen LogP) is 5.53. The van der Waals surface area contributed by atoms with Crippen LogP contribution in [0.2, 0.25) is 6.04 Å². The third-order valence-electron chi connectivity index (χ3n) is 5.11. The van der Waals surface area contributed by atoms with Gasteiger partial charge in [0.05, 0.1) is 0 Å². The molecule has 29 heavy (non-hydrogen) atoms. The molecule has 0 heterocycles. The third kappa shape index (κ3) is 18.5. The van der Waals surface area contributed by atoms with E-state index in [-0.39, 0.29) is 0 Å². The lowest BCUT2D eigenvalue weighted by Crippen LogP contribution is -2.46. The van der Waals surface area contributed by atoms with E-state index < -0.39 is 8.80 Å². The van der Waals surface area contributed by atoms with Crippen LogP contribution in [0.25, 0.3) is 0 Å². The van der Waals surface area contributed by atoms with Gasteiger partial charge in [-0.25, -0.2) is 0 Å². The maximum absolute atomic E-state index is 5.89. The van der Waals surface area contributed by atoms with Crippen LogP contribution in [-0.2, 0) is 13.3 Å². The lowest BCUT2D eigenvalue weighted by Gasteiger charge is -2.28. The van der Waals surface area contributed by atoms with Crippen LogP contribution in [0.15, 0.2) is 0 Å². The number of rotatable bonds is 24. The van der Waals surface area contributed by atoms with Gasteiger partial charge in [-0.1, -0.05) is 64.7 Å². The Bertz CT molecular complexity index is 305. The van der Waals surface area contributed by atoms with E-state index in [0.29, 0.717) is 19.8 Å². The summed E-state index contributed by atoms with van der Waals surface area (Å²) in [6.45, 7) is 14.5. The quantitative estimate of drug-likeness (QED) is 0.155. The van der Waals surface area contributed by atoms with Gasteiger partial charge in [0.25, 0.3) is 0 Å². The molecule has 2 N–H and O–H groups in total. The molecule has 6 heteroatoms. The topological polar surface area (TPSA) is 51.8 Å². The summed E-state index contributed by atoms with van der Waals surface area (Å²) < 4.78 is 17.7. The lowest BCUT2D eigenvalue weighted by molar-refractivity contribution is 0.0708. The van der Waals surface area contributed by atoms with Crippen LogP contribution in [0.4, 0.5) is 0 Å². The molecule has 0 rings (SSSR count). The molecule has 0 spiro atoms. The Kier molecular flexibility index (Phi) is 22.7. The fraction of sp³-hybridized carbons (Fsp3) is 1.00. The SMILES string of the molecule is CCCCCCCCCCCCNCCNCCC[Si](OCC)(OCC)OCC. The van der Waals surface area contributed by atoms with Gasteiger partial charge >= 0.3 is 8.80 Å². The molecular weight excluding hydrogens is 380 g/mol. The molecule has 0 saturated carbocycles. The van der Waals surface area contributed by atoms with E-state index in [1.165, 1.54) is 64.2 Å². The molecule has 0 unspecified atom stereocenters. The highest BCUT2D eigenvalue weighted by Gasteiger charge is 2.39. The van der Waals surface area contributed by atoms with Crippen LogP contribution in [0.1, 0.15) is 98.3 Å². The first-order valence-electron chi connectivity index (χ1n) is 12.6. The second-order valence-corrected chi connectivity index (χ2v) is 10.5. The van der Waals surface area contributed by atoms with Gasteiger partial charge in [0, 0.05) is 39.0 Å². The van der Waals surface area contributed by atoms with E-state index in [9.17, 15) is 0 Å². The maximum atomic E-state index is 5.89. The van der Waals surface area contributed by atoms with Gasteiger partial charge in [-0.05, 0) is 46.7 Å². The summed E-state index contributed by atoms with van der Waals surface area (Å²) in [5.74, 6) is 0. The zero-order chi connectivity index (χ0) is 21.5. The van der Waals surface area contributed by atoms with E-state index in [0.717, 1.165) is 38.6 Å². The zero-order valence-electron chi connectivity index (χ0n) is 20.2. The second-order valence-electron chi connectivity index (χ2n) is 7.77. The number of hydrogen-bond donors (Lipinski definition) is 2. The molecule has 176 valence electrons. The Hall–Kier alpha value is 0.0169. The van der Waals surface area contributed by atoms with Crippen molar-refractivity contribution in [1.82, 2.24) is 10.6 Å². The highest BCUT2D eigenvalue weighted by Crippen LogP contribution is 2.17. The molecule has 0 amide bonds. The summed E-state index contributed by atoms with van der Waals surface area (Å²) in [5.41, 5.74) is 0. The highest BCUT2D eigenvalue weighted by molar-refractivity contribution is 6.60. The Morgan fingerprint density at radius 2 is 0.897 bits per heavy atom. The van der Waals surface area contributed by atoms with Gasteiger partial charge in [0.1, 0.15) is 0 Å². The summed E-state index contributed by atoms with van der Waals surface area (Å²) in [6.07, 6.45) is 15.0. The third-order valence-corrected chi connectivity index (χ3v) is 8.27. The summed E-state index contributed by atoms with van der Waals surface area (Å²) in [7, 11) is -2.46. The molecule has 0 fully saturated rings. The van der Waals surface area contributed by atoms with Crippen molar-refractivity contribution in [3.8, 4) is 0 Å². The van der Waals surface area contributed by atoms with E-state index in [4.69, 9.17) is 13.3 Å². The van der Waals surface area contributed by atoms with Crippen LogP contribution < -0.4 is 10.6 Å². The van der Waals surface area contributed by atoms with Gasteiger partial charge in [0.15, 0.2) is 0 Å². The fourth-order valence-corrected chi connectivity index (χ4v) is 6.21. The van der Waals surface area contributed by atoms with Crippen LogP contribution in [0.3, 0.4) is 0 Å². The van der Waals surface area contributed by atoms with Gasteiger partial charge in [-0.2, -0.15) is 0 Å². The molecule has 0 aromatic heterocycles. The Labute approximate surface area is 183 Å². The van der Waals surface area contributed by atoms with Crippen molar-refractivity contribution < 1.29 is 13.3 Å². The van der Waals surface area contributed by atoms with E-state index in [2.05, 4.69) is 17.6 Å². The summed E-state index contributed by atoms with van der Waals surface area (Å²) >= 11 is 0. The molecule has 0 aliphatic heterocycles. The van der Waals surface area contributed by atoms with Crippen molar-refractivity contribution in [2.75, 3.05) is 46.0 Å². The Morgan fingerprint density at radius 1 is 0.483 bits per heavy atom. The van der Waals surface area contributed by atoms with Crippen molar-refractivity contribution in [3.05, 3.63) is 0 Å². The monoisotopic (exact) mass is 432 g/mol. The van der Waals surface area contributed by atoms with E-state index >= 15 is 0 Å². The molecule has 0 bridgehead atoms. The second kappa shape index (κ2) is 22.7. The van der Waals surface area contributed by atoms with Crippen molar-refractivity contribution in [2.45, 2.75) is 104 Å². The number of hydrogen-bond acceptors (Lipinski definition) is 5. The van der Waals surface area contributed by atoms with E-state index in [1.54, 1.807) is 0 Å². The fourth-order valence-electron chi connectivity index (χ4n) is 3.60. The van der Waals surface area contributed by atoms with Crippen LogP contribution in [-0.4, -0.2) is 54.8 Å². The maximum Gasteiger partial charge on any atom is 0.500 e. The minimum atomic E-state index is -2.46. The molecule has 5 nitrogen and oxygen atoms in total. The molecule has 0 aromatic rings. The highest BCUT2D eigenvalue weighted by atomic mass is 28.4. The Balaban J connectivity index is 3.43. The van der Waals surface area contributed by atoms with Gasteiger partial charge in [-0.15, -0.1) is 0 Å². The smallest absolute Gasteiger partial charge is 0.374 e. The lowest BCUT2D eigenvalue weighted by atomic mass is 10.1. The number of nitrogens with one attached hydrogen (secondary N) is 2. The summed E-state index contributed by atoms with van der Waals surface area (Å²) in [6, 6.07) is 0.890. The van der Waals surface area contributed by atoms with E-state index in [1.807, 2.05) is 20.8 Å². The van der Waals surface area contributed by atoms with Crippen LogP contribution in [0.5, 0.6) is 0 Å². The molecule has 0 aromatic carbocycles. The van der Waals surface area contributed by atoms with Crippen molar-refractivity contribution in [2.24, 2.45) is 0 Å². The largest absolute Gasteiger partial charge is 0.500 e. The van der Waals surface area contributed by atoms with Gasteiger partial charge < -0.3 is 23.9 Å². The molecule has 0 aliphatic rings. The first-order valence-corrected chi connectivity index (χ1v) is 14.5. The summed E-state index contributed by atoms with van der Waals surface area (Å²) in [4.78, 5) is 0. The van der Waals surface area contributed by atoms with Crippen molar-refractivity contribution in [3.63, 3.8) is 0 Å². The summed E-state index contributed by atoms with van der Waals surface area (Å²) in [5, 5.41) is 7.07. The van der Waals surface area contributed by atoms with Gasteiger partial charge in [0.2, 0.25) is 0 Å². The standard InChI is InChI=1S/C23H52N2O3Si/c1-5-9-10-11-12-13-14-15-16-17-19-24-21-22-25-20-18-23-29(26-6-2,27-7-3)28-8-4/h24-25H,5-23H2,1-4H3. The average Bonchev–Trinajstić information content (AvgIpc) is 2.71. The van der Waals surface area contributed by atoms with Crippen molar-refractivity contribution in [1.29, 1.82) is 0 Å². The first kappa shape index (κ1) is 29.0. The first-order chi connectivity index (χ1) is 14.2. The molecular formula is C23H52N2O3Si. The number of unbranched alkanes of at least 4 members (excludes halogenated alkanes) is 9. The predicted molar refractivity (Wildman–Crippen MR) is 128 cm³/mol. The minimum Gasteiger partial charge on any atom is -0.374 e. The molecule has 0 aliphatic carbocycles. The minimum absolute atomic E-state index is 0.655. The van der Waals surface area contributed by atoms with Crippen LogP contribution in [0, 0.1) is 0 Å². The van der Waals surface area contributed by atoms with Crippen molar-refractivity contribution >= 4 is 8.80 Å². The van der Waals surface area contributed by atoms with Gasteiger partial charge in [-0.3, -0.25) is 0 Å². The van der Waals surface area contributed by atoms with Crippen LogP contribution >= 0.6 is 0 Å². The zero-order valence-corrected chi connectivity index (χ0v) is 21.2. The normalized spacial score (nSPS) is 12.0. The molecule has 0 radical (unpaired) electrons. The molecule has 0 atom stereocenters. The average molecular weight is 433 g/mol.